The Morgan fingerprint density at radius 3 is 2.43 bits per heavy atom. The lowest BCUT2D eigenvalue weighted by Crippen LogP contribution is -2.29. The number of unbranched alkanes of at least 4 members (excludes halogenated alkanes) is 1. The maximum atomic E-state index is 11.5. The Balaban J connectivity index is 4.26. The zero-order chi connectivity index (χ0) is 11.2. The van der Waals surface area contributed by atoms with Crippen LogP contribution >= 0.6 is 0 Å². The van der Waals surface area contributed by atoms with Crippen molar-refractivity contribution in [1.82, 2.24) is 0 Å². The van der Waals surface area contributed by atoms with Crippen LogP contribution in [0.25, 0.3) is 0 Å². The van der Waals surface area contributed by atoms with E-state index in [1.807, 2.05) is 6.08 Å². The maximum absolute atomic E-state index is 11.5. The molecule has 0 rings (SSSR count). The quantitative estimate of drug-likeness (QED) is 0.385. The SMILES string of the molecule is C=CCCCC(C(=O)OC)C(C)(C)C. The van der Waals surface area contributed by atoms with E-state index >= 15 is 0 Å². The Hall–Kier alpha value is -0.790. The smallest absolute Gasteiger partial charge is 0.309 e. The summed E-state index contributed by atoms with van der Waals surface area (Å²) < 4.78 is 4.80. The average Bonchev–Trinajstić information content (AvgIpc) is 2.09. The van der Waals surface area contributed by atoms with Crippen LogP contribution in [0.5, 0.6) is 0 Å². The number of carbonyl (C=O) groups excluding carboxylic acids is 1. The van der Waals surface area contributed by atoms with E-state index in [2.05, 4.69) is 27.4 Å². The fourth-order valence-electron chi connectivity index (χ4n) is 1.51. The van der Waals surface area contributed by atoms with Crippen LogP contribution in [0.4, 0.5) is 0 Å². The van der Waals surface area contributed by atoms with Crippen molar-refractivity contribution in [3.63, 3.8) is 0 Å². The van der Waals surface area contributed by atoms with E-state index in [4.69, 9.17) is 4.74 Å². The summed E-state index contributed by atoms with van der Waals surface area (Å²) in [4.78, 5) is 11.5. The van der Waals surface area contributed by atoms with Gasteiger partial charge in [-0.3, -0.25) is 4.79 Å². The van der Waals surface area contributed by atoms with E-state index in [9.17, 15) is 4.79 Å². The number of allylic oxidation sites excluding steroid dienone is 1. The van der Waals surface area contributed by atoms with E-state index in [-0.39, 0.29) is 17.3 Å². The van der Waals surface area contributed by atoms with E-state index in [1.54, 1.807) is 0 Å². The Morgan fingerprint density at radius 2 is 2.07 bits per heavy atom. The lowest BCUT2D eigenvalue weighted by Gasteiger charge is -2.28. The second kappa shape index (κ2) is 5.84. The molecular weight excluding hydrogens is 176 g/mol. The fraction of sp³-hybridized carbons (Fsp3) is 0.750. The summed E-state index contributed by atoms with van der Waals surface area (Å²) >= 11 is 0. The molecule has 0 heterocycles. The van der Waals surface area contributed by atoms with Crippen molar-refractivity contribution < 1.29 is 9.53 Å². The maximum Gasteiger partial charge on any atom is 0.309 e. The van der Waals surface area contributed by atoms with Gasteiger partial charge >= 0.3 is 5.97 Å². The molecule has 0 aromatic rings. The second-order valence-electron chi connectivity index (χ2n) is 4.66. The van der Waals surface area contributed by atoms with E-state index in [0.717, 1.165) is 19.3 Å². The first-order valence-electron chi connectivity index (χ1n) is 5.12. The van der Waals surface area contributed by atoms with Crippen LogP contribution in [-0.2, 0) is 9.53 Å². The van der Waals surface area contributed by atoms with Gasteiger partial charge < -0.3 is 4.74 Å². The molecule has 0 aliphatic heterocycles. The molecule has 0 radical (unpaired) electrons. The van der Waals surface area contributed by atoms with Crippen molar-refractivity contribution in [2.75, 3.05) is 7.11 Å². The van der Waals surface area contributed by atoms with Gasteiger partial charge in [0.15, 0.2) is 0 Å². The van der Waals surface area contributed by atoms with Crippen LogP contribution in [0.15, 0.2) is 12.7 Å². The van der Waals surface area contributed by atoms with Crippen molar-refractivity contribution >= 4 is 5.97 Å². The summed E-state index contributed by atoms with van der Waals surface area (Å²) in [5, 5.41) is 0. The number of esters is 1. The standard InChI is InChI=1S/C12H22O2/c1-6-7-8-9-10(11(13)14-5)12(2,3)4/h6,10H,1,7-9H2,2-5H3. The highest BCUT2D eigenvalue weighted by atomic mass is 16.5. The minimum Gasteiger partial charge on any atom is -0.469 e. The number of carbonyl (C=O) groups is 1. The molecule has 0 saturated heterocycles. The van der Waals surface area contributed by atoms with Crippen LogP contribution in [0.1, 0.15) is 40.0 Å². The molecule has 0 bridgehead atoms. The predicted molar refractivity (Wildman–Crippen MR) is 59.0 cm³/mol. The minimum absolute atomic E-state index is 0.00699. The molecule has 0 N–H and O–H groups in total. The molecule has 0 aromatic heterocycles. The second-order valence-corrected chi connectivity index (χ2v) is 4.66. The normalized spacial score (nSPS) is 13.4. The molecule has 1 unspecified atom stereocenters. The predicted octanol–water partition coefficient (Wildman–Crippen LogP) is 3.18. The van der Waals surface area contributed by atoms with Gasteiger partial charge in [-0.1, -0.05) is 26.8 Å². The topological polar surface area (TPSA) is 26.3 Å². The zero-order valence-electron chi connectivity index (χ0n) is 9.80. The van der Waals surface area contributed by atoms with Crippen molar-refractivity contribution in [2.45, 2.75) is 40.0 Å². The van der Waals surface area contributed by atoms with Gasteiger partial charge in [0.2, 0.25) is 0 Å². The fourth-order valence-corrected chi connectivity index (χ4v) is 1.51. The third-order valence-electron chi connectivity index (χ3n) is 2.43. The van der Waals surface area contributed by atoms with E-state index in [1.165, 1.54) is 7.11 Å². The third kappa shape index (κ3) is 4.45. The highest BCUT2D eigenvalue weighted by Gasteiger charge is 2.31. The first-order chi connectivity index (χ1) is 6.43. The summed E-state index contributed by atoms with van der Waals surface area (Å²) in [5.74, 6) is -0.103. The molecule has 0 fully saturated rings. The van der Waals surface area contributed by atoms with Crippen molar-refractivity contribution in [3.8, 4) is 0 Å². The van der Waals surface area contributed by atoms with Gasteiger partial charge in [0.25, 0.3) is 0 Å². The first kappa shape index (κ1) is 13.2. The molecule has 0 aliphatic carbocycles. The molecule has 0 spiro atoms. The van der Waals surface area contributed by atoms with E-state index in [0.29, 0.717) is 0 Å². The van der Waals surface area contributed by atoms with Gasteiger partial charge in [-0.05, 0) is 24.7 Å². The molecule has 2 nitrogen and oxygen atoms in total. The molecule has 0 amide bonds. The Kier molecular flexibility index (Phi) is 5.51. The zero-order valence-corrected chi connectivity index (χ0v) is 9.80. The minimum atomic E-state index is -0.0958. The van der Waals surface area contributed by atoms with Gasteiger partial charge in [0, 0.05) is 0 Å². The summed E-state index contributed by atoms with van der Waals surface area (Å²) in [6, 6.07) is 0. The number of methoxy groups -OCH3 is 1. The summed E-state index contributed by atoms with van der Waals surface area (Å²) in [6.45, 7) is 9.88. The third-order valence-corrected chi connectivity index (χ3v) is 2.43. The van der Waals surface area contributed by atoms with Crippen molar-refractivity contribution in [2.24, 2.45) is 11.3 Å². The highest BCUT2D eigenvalue weighted by Crippen LogP contribution is 2.31. The number of hydrogen-bond acceptors (Lipinski definition) is 2. The van der Waals surface area contributed by atoms with Gasteiger partial charge in [-0.25, -0.2) is 0 Å². The monoisotopic (exact) mass is 198 g/mol. The number of hydrogen-bond donors (Lipinski definition) is 0. The summed E-state index contributed by atoms with van der Waals surface area (Å²) in [5.41, 5.74) is -0.0196. The average molecular weight is 198 g/mol. The lowest BCUT2D eigenvalue weighted by atomic mass is 9.78. The first-order valence-corrected chi connectivity index (χ1v) is 5.12. The molecule has 14 heavy (non-hydrogen) atoms. The summed E-state index contributed by atoms with van der Waals surface area (Å²) in [6.07, 6.45) is 4.73. The molecule has 0 aromatic carbocycles. The molecule has 0 saturated carbocycles. The largest absolute Gasteiger partial charge is 0.469 e. The highest BCUT2D eigenvalue weighted by molar-refractivity contribution is 5.73. The van der Waals surface area contributed by atoms with Gasteiger partial charge in [0.05, 0.1) is 13.0 Å². The van der Waals surface area contributed by atoms with Crippen LogP contribution in [0, 0.1) is 11.3 Å². The summed E-state index contributed by atoms with van der Waals surface area (Å²) in [7, 11) is 1.45. The molecular formula is C12H22O2. The van der Waals surface area contributed by atoms with Gasteiger partial charge in [0.1, 0.15) is 0 Å². The Labute approximate surface area is 87.3 Å². The van der Waals surface area contributed by atoms with Crippen LogP contribution in [0.3, 0.4) is 0 Å². The van der Waals surface area contributed by atoms with Crippen molar-refractivity contribution in [1.29, 1.82) is 0 Å². The lowest BCUT2D eigenvalue weighted by molar-refractivity contribution is -0.149. The van der Waals surface area contributed by atoms with Crippen LogP contribution < -0.4 is 0 Å². The molecule has 82 valence electrons. The Morgan fingerprint density at radius 1 is 1.50 bits per heavy atom. The molecule has 0 aliphatic rings. The number of rotatable bonds is 5. The van der Waals surface area contributed by atoms with Gasteiger partial charge in [-0.2, -0.15) is 0 Å². The van der Waals surface area contributed by atoms with E-state index < -0.39 is 0 Å². The molecule has 2 heteroatoms. The van der Waals surface area contributed by atoms with Crippen molar-refractivity contribution in [3.05, 3.63) is 12.7 Å². The van der Waals surface area contributed by atoms with Crippen LogP contribution in [0.2, 0.25) is 0 Å². The van der Waals surface area contributed by atoms with Gasteiger partial charge in [-0.15, -0.1) is 6.58 Å². The van der Waals surface area contributed by atoms with Crippen LogP contribution in [-0.4, -0.2) is 13.1 Å². The Bertz CT molecular complexity index is 189. The molecule has 1 atom stereocenters. The number of ether oxygens (including phenoxy) is 1.